The van der Waals surface area contributed by atoms with Crippen LogP contribution in [0.2, 0.25) is 0 Å². The molecule has 3 rings (SSSR count). The van der Waals surface area contributed by atoms with Gasteiger partial charge in [0, 0.05) is 0 Å². The number of imidazole rings is 1. The van der Waals surface area contributed by atoms with Crippen LogP contribution < -0.4 is 4.72 Å². The molecule has 5 nitrogen and oxygen atoms in total. The van der Waals surface area contributed by atoms with Crippen molar-refractivity contribution in [2.75, 3.05) is 4.72 Å². The van der Waals surface area contributed by atoms with Crippen LogP contribution in [-0.4, -0.2) is 18.4 Å². The molecule has 0 atom stereocenters. The van der Waals surface area contributed by atoms with E-state index in [9.17, 15) is 8.42 Å². The summed E-state index contributed by atoms with van der Waals surface area (Å²) in [5, 5.41) is 0. The summed E-state index contributed by atoms with van der Waals surface area (Å²) in [5.74, 6) is 0.796. The van der Waals surface area contributed by atoms with E-state index in [-0.39, 0.29) is 0 Å². The molecule has 0 bridgehead atoms. The smallest absolute Gasteiger partial charge is 0.262 e. The fourth-order valence-corrected chi connectivity index (χ4v) is 3.79. The first kappa shape index (κ1) is 14.6. The number of hydrogen-bond acceptors (Lipinski definition) is 3. The first-order valence-electron chi connectivity index (χ1n) is 6.91. The van der Waals surface area contributed by atoms with Gasteiger partial charge in [-0.3, -0.25) is 4.72 Å². The van der Waals surface area contributed by atoms with Crippen molar-refractivity contribution in [1.29, 1.82) is 0 Å². The van der Waals surface area contributed by atoms with Crippen molar-refractivity contribution < 1.29 is 8.42 Å². The molecule has 0 aliphatic carbocycles. The number of anilines is 1. The highest BCUT2D eigenvalue weighted by Gasteiger charge is 2.17. The van der Waals surface area contributed by atoms with Crippen molar-refractivity contribution in [3.05, 3.63) is 53.3 Å². The third-order valence-corrected chi connectivity index (χ3v) is 5.01. The van der Waals surface area contributed by atoms with Gasteiger partial charge in [0.05, 0.1) is 21.6 Å². The lowest BCUT2D eigenvalue weighted by atomic mass is 10.2. The fraction of sp³-hybridized carbons (Fsp3) is 0.188. The van der Waals surface area contributed by atoms with Gasteiger partial charge in [0.2, 0.25) is 0 Å². The predicted molar refractivity (Wildman–Crippen MR) is 87.6 cm³/mol. The van der Waals surface area contributed by atoms with Crippen LogP contribution in [0.5, 0.6) is 0 Å². The van der Waals surface area contributed by atoms with Crippen LogP contribution in [0.25, 0.3) is 11.0 Å². The molecule has 0 amide bonds. The second kappa shape index (κ2) is 5.14. The minimum atomic E-state index is -3.61. The SMILES string of the molecule is Cc1ccc(S(=O)(=O)Nc2ccc3nc(C)[nH]c3c2)c(C)c1. The average molecular weight is 315 g/mol. The van der Waals surface area contributed by atoms with Crippen LogP contribution in [-0.2, 0) is 10.0 Å². The Morgan fingerprint density at radius 2 is 1.82 bits per heavy atom. The van der Waals surface area contributed by atoms with Crippen molar-refractivity contribution in [1.82, 2.24) is 9.97 Å². The van der Waals surface area contributed by atoms with Crippen LogP contribution in [0, 0.1) is 20.8 Å². The molecule has 0 aliphatic heterocycles. The molecular formula is C16H17N3O2S. The molecule has 1 heterocycles. The van der Waals surface area contributed by atoms with Crippen LogP contribution >= 0.6 is 0 Å². The number of nitrogens with one attached hydrogen (secondary N) is 2. The largest absolute Gasteiger partial charge is 0.342 e. The van der Waals surface area contributed by atoms with Gasteiger partial charge in [-0.05, 0) is 50.6 Å². The predicted octanol–water partition coefficient (Wildman–Crippen LogP) is 3.29. The van der Waals surface area contributed by atoms with Gasteiger partial charge in [-0.2, -0.15) is 0 Å². The molecule has 3 aromatic rings. The van der Waals surface area contributed by atoms with Gasteiger partial charge >= 0.3 is 0 Å². The lowest BCUT2D eigenvalue weighted by Gasteiger charge is -2.11. The second-order valence-corrected chi connectivity index (χ2v) is 7.08. The van der Waals surface area contributed by atoms with E-state index in [1.807, 2.05) is 19.9 Å². The molecule has 0 saturated heterocycles. The zero-order valence-corrected chi connectivity index (χ0v) is 13.5. The number of nitrogens with zero attached hydrogens (tertiary/aromatic N) is 1. The first-order valence-corrected chi connectivity index (χ1v) is 8.40. The zero-order chi connectivity index (χ0) is 15.9. The Labute approximate surface area is 129 Å². The van der Waals surface area contributed by atoms with E-state index >= 15 is 0 Å². The summed E-state index contributed by atoms with van der Waals surface area (Å²) in [7, 11) is -3.61. The molecule has 0 spiro atoms. The standard InChI is InChI=1S/C16H17N3O2S/c1-10-4-7-16(11(2)8-10)22(20,21)19-13-5-6-14-15(9-13)18-12(3)17-14/h4-9,19H,1-3H3,(H,17,18). The second-order valence-electron chi connectivity index (χ2n) is 5.43. The topological polar surface area (TPSA) is 74.8 Å². The van der Waals surface area contributed by atoms with Crippen LogP contribution in [0.3, 0.4) is 0 Å². The van der Waals surface area contributed by atoms with Crippen molar-refractivity contribution >= 4 is 26.7 Å². The van der Waals surface area contributed by atoms with Gasteiger partial charge in [-0.15, -0.1) is 0 Å². The summed E-state index contributed by atoms with van der Waals surface area (Å²) in [5.41, 5.74) is 3.89. The summed E-state index contributed by atoms with van der Waals surface area (Å²) in [4.78, 5) is 7.69. The lowest BCUT2D eigenvalue weighted by molar-refractivity contribution is 0.600. The summed E-state index contributed by atoms with van der Waals surface area (Å²) < 4.78 is 27.7. The third kappa shape index (κ3) is 2.69. The van der Waals surface area contributed by atoms with Crippen LogP contribution in [0.4, 0.5) is 5.69 Å². The minimum absolute atomic E-state index is 0.291. The van der Waals surface area contributed by atoms with E-state index in [0.29, 0.717) is 10.6 Å². The van der Waals surface area contributed by atoms with Crippen LogP contribution in [0.1, 0.15) is 17.0 Å². The molecule has 0 fully saturated rings. The Balaban J connectivity index is 1.98. The zero-order valence-electron chi connectivity index (χ0n) is 12.6. The molecule has 2 N–H and O–H groups in total. The summed E-state index contributed by atoms with van der Waals surface area (Å²) in [6, 6.07) is 10.5. The number of fused-ring (bicyclic) bond motifs is 1. The summed E-state index contributed by atoms with van der Waals surface area (Å²) >= 11 is 0. The average Bonchev–Trinajstić information content (AvgIpc) is 2.77. The number of aromatic nitrogens is 2. The van der Waals surface area contributed by atoms with Gasteiger partial charge in [-0.25, -0.2) is 13.4 Å². The van der Waals surface area contributed by atoms with Gasteiger partial charge in [-0.1, -0.05) is 17.7 Å². The highest BCUT2D eigenvalue weighted by molar-refractivity contribution is 7.92. The van der Waals surface area contributed by atoms with E-state index in [1.54, 1.807) is 37.3 Å². The van der Waals surface area contributed by atoms with Crippen molar-refractivity contribution in [2.24, 2.45) is 0 Å². The van der Waals surface area contributed by atoms with Crippen molar-refractivity contribution in [2.45, 2.75) is 25.7 Å². The van der Waals surface area contributed by atoms with E-state index in [2.05, 4.69) is 14.7 Å². The molecule has 114 valence electrons. The van der Waals surface area contributed by atoms with E-state index in [4.69, 9.17) is 0 Å². The Hall–Kier alpha value is -2.34. The number of rotatable bonds is 3. The monoisotopic (exact) mass is 315 g/mol. The van der Waals surface area contributed by atoms with Gasteiger partial charge in [0.15, 0.2) is 0 Å². The van der Waals surface area contributed by atoms with Gasteiger partial charge < -0.3 is 4.98 Å². The quantitative estimate of drug-likeness (QED) is 0.779. The number of H-pyrrole nitrogens is 1. The maximum absolute atomic E-state index is 12.5. The molecular weight excluding hydrogens is 298 g/mol. The molecule has 0 aliphatic rings. The maximum atomic E-state index is 12.5. The Bertz CT molecular complexity index is 959. The molecule has 0 saturated carbocycles. The Morgan fingerprint density at radius 1 is 1.05 bits per heavy atom. The fourth-order valence-electron chi connectivity index (χ4n) is 2.51. The van der Waals surface area contributed by atoms with E-state index < -0.39 is 10.0 Å². The maximum Gasteiger partial charge on any atom is 0.262 e. The molecule has 22 heavy (non-hydrogen) atoms. The van der Waals surface area contributed by atoms with Gasteiger partial charge in [0.1, 0.15) is 5.82 Å². The lowest BCUT2D eigenvalue weighted by Crippen LogP contribution is -2.14. The van der Waals surface area contributed by atoms with Crippen LogP contribution in [0.15, 0.2) is 41.3 Å². The molecule has 1 aromatic heterocycles. The minimum Gasteiger partial charge on any atom is -0.342 e. The number of hydrogen-bond donors (Lipinski definition) is 2. The van der Waals surface area contributed by atoms with E-state index in [0.717, 1.165) is 28.0 Å². The number of benzene rings is 2. The highest BCUT2D eigenvalue weighted by Crippen LogP contribution is 2.22. The summed E-state index contributed by atoms with van der Waals surface area (Å²) in [6.07, 6.45) is 0. The summed E-state index contributed by atoms with van der Waals surface area (Å²) in [6.45, 7) is 5.59. The molecule has 2 aromatic carbocycles. The molecule has 0 unspecified atom stereocenters. The first-order chi connectivity index (χ1) is 10.3. The number of sulfonamides is 1. The number of aryl methyl sites for hydroxylation is 3. The van der Waals surface area contributed by atoms with Crippen molar-refractivity contribution in [3.63, 3.8) is 0 Å². The Morgan fingerprint density at radius 3 is 2.55 bits per heavy atom. The van der Waals surface area contributed by atoms with Gasteiger partial charge in [0.25, 0.3) is 10.0 Å². The third-order valence-electron chi connectivity index (χ3n) is 3.47. The molecule has 0 radical (unpaired) electrons. The Kier molecular flexibility index (Phi) is 3.41. The number of aromatic amines is 1. The molecule has 6 heteroatoms. The normalized spacial score (nSPS) is 11.8. The van der Waals surface area contributed by atoms with Crippen molar-refractivity contribution in [3.8, 4) is 0 Å². The highest BCUT2D eigenvalue weighted by atomic mass is 32.2. The van der Waals surface area contributed by atoms with E-state index in [1.165, 1.54) is 0 Å².